The number of halogens is 2. The SMILES string of the molecule is COC(=O)CC1(CCN)CC1(F)F. The smallest absolute Gasteiger partial charge is 0.306 e. The molecule has 0 saturated heterocycles. The van der Waals surface area contributed by atoms with Gasteiger partial charge in [-0.25, -0.2) is 8.78 Å². The molecule has 1 atom stereocenters. The molecule has 1 unspecified atom stereocenters. The van der Waals surface area contributed by atoms with E-state index in [4.69, 9.17) is 5.73 Å². The van der Waals surface area contributed by atoms with Crippen LogP contribution in [0.2, 0.25) is 0 Å². The molecule has 13 heavy (non-hydrogen) atoms. The predicted molar refractivity (Wildman–Crippen MR) is 42.3 cm³/mol. The topological polar surface area (TPSA) is 52.3 Å². The first-order chi connectivity index (χ1) is 5.97. The van der Waals surface area contributed by atoms with Gasteiger partial charge in [-0.1, -0.05) is 0 Å². The van der Waals surface area contributed by atoms with Gasteiger partial charge >= 0.3 is 5.97 Å². The van der Waals surface area contributed by atoms with Crippen LogP contribution in [0.25, 0.3) is 0 Å². The summed E-state index contributed by atoms with van der Waals surface area (Å²) in [6.07, 6.45) is -0.297. The Morgan fingerprint density at radius 2 is 2.15 bits per heavy atom. The minimum Gasteiger partial charge on any atom is -0.469 e. The summed E-state index contributed by atoms with van der Waals surface area (Å²) in [7, 11) is 1.19. The van der Waals surface area contributed by atoms with Crippen LogP contribution in [0, 0.1) is 5.41 Å². The minimum absolute atomic E-state index is 0.173. The summed E-state index contributed by atoms with van der Waals surface area (Å²) in [6, 6.07) is 0. The maximum absolute atomic E-state index is 12.9. The van der Waals surface area contributed by atoms with Gasteiger partial charge in [0, 0.05) is 6.42 Å². The first kappa shape index (κ1) is 10.4. The van der Waals surface area contributed by atoms with E-state index in [-0.39, 0.29) is 25.8 Å². The van der Waals surface area contributed by atoms with Gasteiger partial charge in [0.15, 0.2) is 0 Å². The standard InChI is InChI=1S/C8H13F2NO2/c1-13-6(12)4-7(2-3-11)5-8(7,9)10/h2-5,11H2,1H3. The van der Waals surface area contributed by atoms with E-state index in [1.165, 1.54) is 7.11 Å². The molecule has 0 heterocycles. The van der Waals surface area contributed by atoms with Crippen LogP contribution >= 0.6 is 0 Å². The zero-order valence-corrected chi connectivity index (χ0v) is 7.48. The lowest BCUT2D eigenvalue weighted by Crippen LogP contribution is -2.21. The molecule has 1 aliphatic carbocycles. The van der Waals surface area contributed by atoms with Gasteiger partial charge < -0.3 is 10.5 Å². The Morgan fingerprint density at radius 1 is 1.62 bits per heavy atom. The van der Waals surface area contributed by atoms with Gasteiger partial charge in [0.1, 0.15) is 0 Å². The highest BCUT2D eigenvalue weighted by Gasteiger charge is 2.70. The summed E-state index contributed by atoms with van der Waals surface area (Å²) in [5.41, 5.74) is 3.99. The Bertz CT molecular complexity index is 220. The van der Waals surface area contributed by atoms with Crippen molar-refractivity contribution in [1.82, 2.24) is 0 Å². The second-order valence-corrected chi connectivity index (χ2v) is 3.45. The summed E-state index contributed by atoms with van der Waals surface area (Å²) in [4.78, 5) is 10.8. The molecule has 3 nitrogen and oxygen atoms in total. The number of nitrogens with two attached hydrogens (primary N) is 1. The fourth-order valence-corrected chi connectivity index (χ4v) is 1.56. The number of alkyl halides is 2. The van der Waals surface area contributed by atoms with Crippen molar-refractivity contribution in [3.63, 3.8) is 0 Å². The molecular weight excluding hydrogens is 180 g/mol. The summed E-state index contributed by atoms with van der Waals surface area (Å²) < 4.78 is 30.1. The number of carbonyl (C=O) groups excluding carboxylic acids is 1. The number of ether oxygens (including phenoxy) is 1. The third-order valence-corrected chi connectivity index (χ3v) is 2.54. The molecule has 0 aromatic rings. The molecule has 2 N–H and O–H groups in total. The molecule has 0 aromatic heterocycles. The molecule has 0 radical (unpaired) electrons. The van der Waals surface area contributed by atoms with E-state index in [0.717, 1.165) is 0 Å². The second-order valence-electron chi connectivity index (χ2n) is 3.45. The van der Waals surface area contributed by atoms with Gasteiger partial charge in [-0.05, 0) is 13.0 Å². The van der Waals surface area contributed by atoms with Crippen molar-refractivity contribution >= 4 is 5.97 Å². The van der Waals surface area contributed by atoms with Crippen LogP contribution in [0.15, 0.2) is 0 Å². The van der Waals surface area contributed by atoms with Crippen LogP contribution in [-0.4, -0.2) is 25.5 Å². The molecule has 1 rings (SSSR count). The van der Waals surface area contributed by atoms with Crippen LogP contribution in [0.4, 0.5) is 8.78 Å². The maximum Gasteiger partial charge on any atom is 0.306 e. The second kappa shape index (κ2) is 3.21. The van der Waals surface area contributed by atoms with Gasteiger partial charge in [-0.15, -0.1) is 0 Å². The Labute approximate surface area is 75.2 Å². The summed E-state index contributed by atoms with van der Waals surface area (Å²) >= 11 is 0. The minimum atomic E-state index is -2.74. The van der Waals surface area contributed by atoms with Crippen molar-refractivity contribution in [1.29, 1.82) is 0 Å². The summed E-state index contributed by atoms with van der Waals surface area (Å²) in [5, 5.41) is 0. The highest BCUT2D eigenvalue weighted by atomic mass is 19.3. The van der Waals surface area contributed by atoms with Crippen molar-refractivity contribution in [2.75, 3.05) is 13.7 Å². The number of methoxy groups -OCH3 is 1. The van der Waals surface area contributed by atoms with Gasteiger partial charge in [0.05, 0.1) is 18.9 Å². The lowest BCUT2D eigenvalue weighted by Gasteiger charge is -2.12. The predicted octanol–water partition coefficient (Wildman–Crippen LogP) is 0.924. The zero-order chi connectivity index (χ0) is 10.1. The van der Waals surface area contributed by atoms with Gasteiger partial charge in [-0.2, -0.15) is 0 Å². The lowest BCUT2D eigenvalue weighted by atomic mass is 9.97. The fraction of sp³-hybridized carbons (Fsp3) is 0.875. The van der Waals surface area contributed by atoms with E-state index in [1.54, 1.807) is 0 Å². The number of esters is 1. The molecule has 76 valence electrons. The van der Waals surface area contributed by atoms with Crippen LogP contribution in [0.1, 0.15) is 19.3 Å². The molecule has 0 aromatic carbocycles. The summed E-state index contributed by atoms with van der Waals surface area (Å²) in [6.45, 7) is 0.173. The van der Waals surface area contributed by atoms with E-state index < -0.39 is 17.3 Å². The Morgan fingerprint density at radius 3 is 2.46 bits per heavy atom. The van der Waals surface area contributed by atoms with Crippen molar-refractivity contribution in [2.45, 2.75) is 25.2 Å². The molecule has 1 saturated carbocycles. The van der Waals surface area contributed by atoms with E-state index in [1.807, 2.05) is 0 Å². The highest BCUT2D eigenvalue weighted by molar-refractivity contribution is 5.71. The first-order valence-corrected chi connectivity index (χ1v) is 4.12. The number of rotatable bonds is 4. The molecule has 0 bridgehead atoms. The van der Waals surface area contributed by atoms with Crippen LogP contribution in [0.3, 0.4) is 0 Å². The van der Waals surface area contributed by atoms with Crippen molar-refractivity contribution < 1.29 is 18.3 Å². The molecule has 1 fully saturated rings. The Kier molecular flexibility index (Phi) is 2.56. The Hall–Kier alpha value is -0.710. The van der Waals surface area contributed by atoms with Gasteiger partial charge in [0.2, 0.25) is 0 Å². The summed E-state index contributed by atoms with van der Waals surface area (Å²) in [5.74, 6) is -3.33. The van der Waals surface area contributed by atoms with Gasteiger partial charge in [0.25, 0.3) is 5.92 Å². The quantitative estimate of drug-likeness (QED) is 0.675. The van der Waals surface area contributed by atoms with Crippen molar-refractivity contribution in [2.24, 2.45) is 11.1 Å². The third-order valence-electron chi connectivity index (χ3n) is 2.54. The van der Waals surface area contributed by atoms with Gasteiger partial charge in [-0.3, -0.25) is 4.79 Å². The molecule has 0 spiro atoms. The van der Waals surface area contributed by atoms with E-state index in [2.05, 4.69) is 4.74 Å². The Balaban J connectivity index is 2.57. The van der Waals surface area contributed by atoms with E-state index >= 15 is 0 Å². The van der Waals surface area contributed by atoms with Crippen LogP contribution in [0.5, 0.6) is 0 Å². The average Bonchev–Trinajstić information content (AvgIpc) is 2.53. The largest absolute Gasteiger partial charge is 0.469 e. The number of carbonyl (C=O) groups is 1. The first-order valence-electron chi connectivity index (χ1n) is 4.12. The average molecular weight is 193 g/mol. The van der Waals surface area contributed by atoms with Crippen molar-refractivity contribution in [3.05, 3.63) is 0 Å². The van der Waals surface area contributed by atoms with Crippen molar-refractivity contribution in [3.8, 4) is 0 Å². The van der Waals surface area contributed by atoms with Crippen LogP contribution in [-0.2, 0) is 9.53 Å². The molecule has 0 aliphatic heterocycles. The third kappa shape index (κ3) is 1.80. The van der Waals surface area contributed by atoms with E-state index in [9.17, 15) is 13.6 Å². The monoisotopic (exact) mass is 193 g/mol. The van der Waals surface area contributed by atoms with Crippen LogP contribution < -0.4 is 5.73 Å². The number of hydrogen-bond donors (Lipinski definition) is 1. The molecular formula is C8H13F2NO2. The maximum atomic E-state index is 12.9. The molecule has 5 heteroatoms. The normalized spacial score (nSPS) is 29.8. The zero-order valence-electron chi connectivity index (χ0n) is 7.48. The number of hydrogen-bond acceptors (Lipinski definition) is 3. The lowest BCUT2D eigenvalue weighted by molar-refractivity contribution is -0.143. The molecule has 0 amide bonds. The highest BCUT2D eigenvalue weighted by Crippen LogP contribution is 2.64. The molecule has 1 aliphatic rings. The van der Waals surface area contributed by atoms with E-state index in [0.29, 0.717) is 0 Å². The fourth-order valence-electron chi connectivity index (χ4n) is 1.56.